The zero-order valence-corrected chi connectivity index (χ0v) is 14.8. The number of rotatable bonds is 6. The van der Waals surface area contributed by atoms with E-state index in [2.05, 4.69) is 10.6 Å². The summed E-state index contributed by atoms with van der Waals surface area (Å²) >= 11 is 1.43. The molecule has 1 aliphatic heterocycles. The molecule has 0 saturated carbocycles. The third kappa shape index (κ3) is 4.76. The van der Waals surface area contributed by atoms with Crippen molar-refractivity contribution < 1.29 is 14.3 Å². The van der Waals surface area contributed by atoms with Gasteiger partial charge in [-0.05, 0) is 31.2 Å². The van der Waals surface area contributed by atoms with Crippen molar-refractivity contribution in [3.63, 3.8) is 0 Å². The molecule has 2 amide bonds. The average molecular weight is 356 g/mol. The minimum absolute atomic E-state index is 0.130. The largest absolute Gasteiger partial charge is 0.492 e. The van der Waals surface area contributed by atoms with Gasteiger partial charge in [0, 0.05) is 11.3 Å². The lowest BCUT2D eigenvalue weighted by Crippen LogP contribution is -2.36. The van der Waals surface area contributed by atoms with E-state index in [1.807, 2.05) is 55.5 Å². The SMILES string of the molecule is Cc1ccc(OCCNC(=O)C[C@H]2Sc3ccccc3NC2=O)cc1. The lowest BCUT2D eigenvalue weighted by Gasteiger charge is -2.23. The van der Waals surface area contributed by atoms with Crippen molar-refractivity contribution in [2.75, 3.05) is 18.5 Å². The Hall–Kier alpha value is -2.47. The van der Waals surface area contributed by atoms with Gasteiger partial charge in [-0.25, -0.2) is 0 Å². The summed E-state index contributed by atoms with van der Waals surface area (Å²) in [5, 5.41) is 5.23. The number of amides is 2. The highest BCUT2D eigenvalue weighted by Gasteiger charge is 2.28. The summed E-state index contributed by atoms with van der Waals surface area (Å²) < 4.78 is 5.57. The monoisotopic (exact) mass is 356 g/mol. The van der Waals surface area contributed by atoms with Gasteiger partial charge in [-0.1, -0.05) is 29.8 Å². The summed E-state index contributed by atoms with van der Waals surface area (Å²) in [6.45, 7) is 2.81. The van der Waals surface area contributed by atoms with Gasteiger partial charge >= 0.3 is 0 Å². The second-order valence-electron chi connectivity index (χ2n) is 5.81. The van der Waals surface area contributed by atoms with Crippen LogP contribution in [0.15, 0.2) is 53.4 Å². The fraction of sp³-hybridized carbons (Fsp3) is 0.263. The van der Waals surface area contributed by atoms with Crippen LogP contribution < -0.4 is 15.4 Å². The molecule has 3 rings (SSSR count). The van der Waals surface area contributed by atoms with Gasteiger partial charge < -0.3 is 15.4 Å². The van der Waals surface area contributed by atoms with E-state index in [0.717, 1.165) is 16.3 Å². The first-order chi connectivity index (χ1) is 12.1. The number of benzene rings is 2. The number of aryl methyl sites for hydroxylation is 1. The first-order valence-corrected chi connectivity index (χ1v) is 9.02. The number of para-hydroxylation sites is 1. The van der Waals surface area contributed by atoms with Crippen molar-refractivity contribution in [1.29, 1.82) is 0 Å². The summed E-state index contributed by atoms with van der Waals surface area (Å²) in [5.41, 5.74) is 1.98. The Morgan fingerprint density at radius 1 is 1.20 bits per heavy atom. The Kier molecular flexibility index (Phi) is 5.60. The Bertz CT molecular complexity index is 762. The van der Waals surface area contributed by atoms with Crippen molar-refractivity contribution in [2.24, 2.45) is 0 Å². The average Bonchev–Trinajstić information content (AvgIpc) is 2.61. The van der Waals surface area contributed by atoms with Crippen LogP contribution in [0.5, 0.6) is 5.75 Å². The smallest absolute Gasteiger partial charge is 0.238 e. The predicted molar refractivity (Wildman–Crippen MR) is 99.0 cm³/mol. The van der Waals surface area contributed by atoms with E-state index < -0.39 is 5.25 Å². The van der Waals surface area contributed by atoms with Crippen LogP contribution in [-0.2, 0) is 9.59 Å². The molecule has 2 aromatic rings. The van der Waals surface area contributed by atoms with Gasteiger partial charge in [0.25, 0.3) is 0 Å². The summed E-state index contributed by atoms with van der Waals surface area (Å²) in [6, 6.07) is 15.4. The van der Waals surface area contributed by atoms with Gasteiger partial charge in [0.2, 0.25) is 11.8 Å². The van der Waals surface area contributed by atoms with Crippen LogP contribution in [0.4, 0.5) is 5.69 Å². The van der Waals surface area contributed by atoms with Crippen LogP contribution in [-0.4, -0.2) is 30.2 Å². The van der Waals surface area contributed by atoms with Gasteiger partial charge in [-0.15, -0.1) is 11.8 Å². The highest BCUT2D eigenvalue weighted by molar-refractivity contribution is 8.01. The molecule has 2 N–H and O–H groups in total. The van der Waals surface area contributed by atoms with Crippen molar-refractivity contribution in [1.82, 2.24) is 5.32 Å². The van der Waals surface area contributed by atoms with Crippen LogP contribution >= 0.6 is 11.8 Å². The molecular weight excluding hydrogens is 336 g/mol. The number of nitrogens with one attached hydrogen (secondary N) is 2. The molecule has 6 heteroatoms. The van der Waals surface area contributed by atoms with E-state index in [1.54, 1.807) is 0 Å². The molecule has 0 aromatic heterocycles. The third-order valence-corrected chi connectivity index (χ3v) is 5.07. The standard InChI is InChI=1S/C19H20N2O3S/c1-13-6-8-14(9-7-13)24-11-10-20-18(22)12-17-19(23)21-15-4-2-3-5-16(15)25-17/h2-9,17H,10-12H2,1H3,(H,20,22)(H,21,23)/t17-/m1/s1. The van der Waals surface area contributed by atoms with Gasteiger partial charge in [-0.2, -0.15) is 0 Å². The molecule has 0 fully saturated rings. The summed E-state index contributed by atoms with van der Waals surface area (Å²) in [5.74, 6) is 0.493. The van der Waals surface area contributed by atoms with Crippen LogP contribution in [0.25, 0.3) is 0 Å². The lowest BCUT2D eigenvalue weighted by atomic mass is 10.2. The molecule has 1 heterocycles. The molecule has 5 nitrogen and oxygen atoms in total. The Balaban J connectivity index is 1.42. The van der Waals surface area contributed by atoms with E-state index in [4.69, 9.17) is 4.74 Å². The number of hydrogen-bond acceptors (Lipinski definition) is 4. The Labute approximate surface area is 151 Å². The summed E-state index contributed by atoms with van der Waals surface area (Å²) in [6.07, 6.45) is 0.148. The molecule has 0 unspecified atom stereocenters. The van der Waals surface area contributed by atoms with E-state index in [9.17, 15) is 9.59 Å². The topological polar surface area (TPSA) is 67.4 Å². The molecule has 2 aromatic carbocycles. The molecule has 0 radical (unpaired) electrons. The molecule has 0 aliphatic carbocycles. The van der Waals surface area contributed by atoms with Gasteiger partial charge in [0.1, 0.15) is 12.4 Å². The van der Waals surface area contributed by atoms with Crippen molar-refractivity contribution >= 4 is 29.3 Å². The van der Waals surface area contributed by atoms with E-state index in [-0.39, 0.29) is 18.2 Å². The number of anilines is 1. The Morgan fingerprint density at radius 3 is 2.76 bits per heavy atom. The van der Waals surface area contributed by atoms with Gasteiger partial charge in [-0.3, -0.25) is 9.59 Å². The highest BCUT2D eigenvalue weighted by Crippen LogP contribution is 2.36. The zero-order chi connectivity index (χ0) is 17.6. The van der Waals surface area contributed by atoms with Crippen LogP contribution in [0.3, 0.4) is 0 Å². The highest BCUT2D eigenvalue weighted by atomic mass is 32.2. The van der Waals surface area contributed by atoms with E-state index in [1.165, 1.54) is 17.3 Å². The quantitative estimate of drug-likeness (QED) is 0.781. The molecule has 130 valence electrons. The summed E-state index contributed by atoms with van der Waals surface area (Å²) in [7, 11) is 0. The van der Waals surface area contributed by atoms with Crippen molar-refractivity contribution in [3.05, 3.63) is 54.1 Å². The van der Waals surface area contributed by atoms with Crippen LogP contribution in [0, 0.1) is 6.92 Å². The second kappa shape index (κ2) is 8.07. The minimum atomic E-state index is -0.409. The Morgan fingerprint density at radius 2 is 1.96 bits per heavy atom. The third-order valence-electron chi connectivity index (χ3n) is 3.79. The number of carbonyl (C=O) groups is 2. The zero-order valence-electron chi connectivity index (χ0n) is 14.0. The number of fused-ring (bicyclic) bond motifs is 1. The number of carbonyl (C=O) groups excluding carboxylic acids is 2. The first-order valence-electron chi connectivity index (χ1n) is 8.14. The molecule has 0 bridgehead atoms. The van der Waals surface area contributed by atoms with E-state index in [0.29, 0.717) is 13.2 Å². The minimum Gasteiger partial charge on any atom is -0.492 e. The number of thioether (sulfide) groups is 1. The summed E-state index contributed by atoms with van der Waals surface area (Å²) in [4.78, 5) is 25.2. The van der Waals surface area contributed by atoms with Crippen molar-refractivity contribution in [3.8, 4) is 5.75 Å². The van der Waals surface area contributed by atoms with Gasteiger partial charge in [0.15, 0.2) is 0 Å². The van der Waals surface area contributed by atoms with Crippen molar-refractivity contribution in [2.45, 2.75) is 23.5 Å². The maximum atomic E-state index is 12.1. The molecule has 1 aliphatic rings. The first kappa shape index (κ1) is 17.4. The fourth-order valence-corrected chi connectivity index (χ4v) is 3.57. The van der Waals surface area contributed by atoms with E-state index >= 15 is 0 Å². The maximum Gasteiger partial charge on any atom is 0.238 e. The maximum absolute atomic E-state index is 12.1. The normalized spacial score (nSPS) is 15.9. The number of ether oxygens (including phenoxy) is 1. The number of hydrogen-bond donors (Lipinski definition) is 2. The van der Waals surface area contributed by atoms with Crippen LogP contribution in [0.2, 0.25) is 0 Å². The fourth-order valence-electron chi connectivity index (χ4n) is 2.46. The van der Waals surface area contributed by atoms with Crippen LogP contribution in [0.1, 0.15) is 12.0 Å². The molecule has 25 heavy (non-hydrogen) atoms. The molecule has 0 saturated heterocycles. The lowest BCUT2D eigenvalue weighted by molar-refractivity contribution is -0.124. The molecular formula is C19H20N2O3S. The van der Waals surface area contributed by atoms with Gasteiger partial charge in [0.05, 0.1) is 17.5 Å². The second-order valence-corrected chi connectivity index (χ2v) is 7.05. The predicted octanol–water partition coefficient (Wildman–Crippen LogP) is 2.99. The molecule has 1 atom stereocenters. The molecule has 0 spiro atoms.